The molecule has 5 heteroatoms. The van der Waals surface area contributed by atoms with Gasteiger partial charge in [-0.25, -0.2) is 4.79 Å². The van der Waals surface area contributed by atoms with E-state index in [2.05, 4.69) is 20.8 Å². The summed E-state index contributed by atoms with van der Waals surface area (Å²) in [5, 5.41) is 0. The molecule has 0 aliphatic carbocycles. The molecule has 5 nitrogen and oxygen atoms in total. The van der Waals surface area contributed by atoms with E-state index in [0.29, 0.717) is 16.9 Å². The van der Waals surface area contributed by atoms with Crippen LogP contribution in [0, 0.1) is 0 Å². The number of hydrogen-bond donors (Lipinski definition) is 0. The molecular weight excluding hydrogens is 402 g/mol. The van der Waals surface area contributed by atoms with Gasteiger partial charge in [0.05, 0.1) is 11.1 Å². The molecule has 4 rings (SSSR count). The minimum Gasteiger partial charge on any atom is -0.425 e. The van der Waals surface area contributed by atoms with Crippen molar-refractivity contribution in [3.05, 3.63) is 101 Å². The lowest BCUT2D eigenvalue weighted by molar-refractivity contribution is -0.138. The van der Waals surface area contributed by atoms with Gasteiger partial charge >= 0.3 is 5.97 Å². The fraction of sp³-hybridized carbons (Fsp3) is 0.222. The number of esters is 1. The van der Waals surface area contributed by atoms with Crippen LogP contribution in [-0.2, 0) is 16.6 Å². The SMILES string of the molecule is CC(C)(C)c1ccc(OC(=O)C(Cc2ccccc2)N2C(=O)c3ccccc3C2=O)cc1. The molecular formula is C27H25NO4. The van der Waals surface area contributed by atoms with E-state index in [-0.39, 0.29) is 11.8 Å². The Morgan fingerprint density at radius 2 is 1.34 bits per heavy atom. The summed E-state index contributed by atoms with van der Waals surface area (Å²) in [6.45, 7) is 6.31. The van der Waals surface area contributed by atoms with Gasteiger partial charge in [-0.05, 0) is 40.8 Å². The van der Waals surface area contributed by atoms with Crippen molar-refractivity contribution in [1.82, 2.24) is 4.90 Å². The van der Waals surface area contributed by atoms with Crippen LogP contribution in [0.5, 0.6) is 5.75 Å². The summed E-state index contributed by atoms with van der Waals surface area (Å²) in [5.74, 6) is -1.23. The molecule has 3 aromatic carbocycles. The molecule has 0 fully saturated rings. The quantitative estimate of drug-likeness (QED) is 0.333. The highest BCUT2D eigenvalue weighted by Gasteiger charge is 2.43. The lowest BCUT2D eigenvalue weighted by Gasteiger charge is -2.25. The first-order valence-corrected chi connectivity index (χ1v) is 10.6. The summed E-state index contributed by atoms with van der Waals surface area (Å²) >= 11 is 0. The molecule has 1 unspecified atom stereocenters. The molecule has 3 aromatic rings. The molecule has 32 heavy (non-hydrogen) atoms. The summed E-state index contributed by atoms with van der Waals surface area (Å²) in [7, 11) is 0. The minimum absolute atomic E-state index is 0.0292. The molecule has 0 spiro atoms. The fourth-order valence-corrected chi connectivity index (χ4v) is 3.82. The monoisotopic (exact) mass is 427 g/mol. The van der Waals surface area contributed by atoms with Gasteiger partial charge < -0.3 is 4.74 Å². The second kappa shape index (κ2) is 8.42. The number of benzene rings is 3. The van der Waals surface area contributed by atoms with Gasteiger partial charge in [-0.2, -0.15) is 0 Å². The lowest BCUT2D eigenvalue weighted by Crippen LogP contribution is -2.48. The summed E-state index contributed by atoms with van der Waals surface area (Å²) in [4.78, 5) is 40.4. The Labute approximate surface area is 187 Å². The number of rotatable bonds is 5. The number of hydrogen-bond acceptors (Lipinski definition) is 4. The zero-order valence-electron chi connectivity index (χ0n) is 18.4. The third-order valence-electron chi connectivity index (χ3n) is 5.62. The van der Waals surface area contributed by atoms with Gasteiger partial charge in [-0.3, -0.25) is 14.5 Å². The molecule has 162 valence electrons. The van der Waals surface area contributed by atoms with Crippen LogP contribution in [0.2, 0.25) is 0 Å². The maximum absolute atomic E-state index is 13.3. The predicted octanol–water partition coefficient (Wildman–Crippen LogP) is 4.80. The van der Waals surface area contributed by atoms with Crippen molar-refractivity contribution in [3.8, 4) is 5.75 Å². The zero-order chi connectivity index (χ0) is 22.9. The highest BCUT2D eigenvalue weighted by atomic mass is 16.5. The van der Waals surface area contributed by atoms with Crippen molar-refractivity contribution in [3.63, 3.8) is 0 Å². The average molecular weight is 428 g/mol. The molecule has 0 radical (unpaired) electrons. The first kappa shape index (κ1) is 21.5. The Morgan fingerprint density at radius 1 is 0.812 bits per heavy atom. The van der Waals surface area contributed by atoms with Crippen LogP contribution in [0.3, 0.4) is 0 Å². The van der Waals surface area contributed by atoms with E-state index in [0.717, 1.165) is 16.0 Å². The van der Waals surface area contributed by atoms with E-state index >= 15 is 0 Å². The van der Waals surface area contributed by atoms with Crippen LogP contribution in [-0.4, -0.2) is 28.7 Å². The van der Waals surface area contributed by atoms with Crippen molar-refractivity contribution in [1.29, 1.82) is 0 Å². The van der Waals surface area contributed by atoms with E-state index in [1.807, 2.05) is 42.5 Å². The Bertz CT molecular complexity index is 1130. The van der Waals surface area contributed by atoms with Gasteiger partial charge in [0.1, 0.15) is 11.8 Å². The number of nitrogens with zero attached hydrogens (tertiary/aromatic N) is 1. The van der Waals surface area contributed by atoms with Crippen LogP contribution < -0.4 is 4.74 Å². The molecule has 0 N–H and O–H groups in total. The largest absolute Gasteiger partial charge is 0.425 e. The lowest BCUT2D eigenvalue weighted by atomic mass is 9.87. The van der Waals surface area contributed by atoms with Gasteiger partial charge in [0.15, 0.2) is 0 Å². The van der Waals surface area contributed by atoms with Crippen LogP contribution in [0.25, 0.3) is 0 Å². The molecule has 0 saturated heterocycles. The summed E-state index contributed by atoms with van der Waals surface area (Å²) in [6, 6.07) is 22.1. The van der Waals surface area contributed by atoms with E-state index in [1.165, 1.54) is 0 Å². The van der Waals surface area contributed by atoms with Crippen LogP contribution in [0.15, 0.2) is 78.9 Å². The summed E-state index contributed by atoms with van der Waals surface area (Å²) in [5.41, 5.74) is 2.52. The molecule has 0 bridgehead atoms. The van der Waals surface area contributed by atoms with Crippen molar-refractivity contribution < 1.29 is 19.1 Å². The number of carbonyl (C=O) groups is 3. The van der Waals surface area contributed by atoms with Crippen molar-refractivity contribution >= 4 is 17.8 Å². The molecule has 0 aromatic heterocycles. The highest BCUT2D eigenvalue weighted by molar-refractivity contribution is 6.22. The second-order valence-corrected chi connectivity index (χ2v) is 8.93. The number of amides is 2. The molecule has 0 saturated carbocycles. The Kier molecular flexibility index (Phi) is 5.66. The van der Waals surface area contributed by atoms with Crippen molar-refractivity contribution in [2.75, 3.05) is 0 Å². The van der Waals surface area contributed by atoms with Crippen molar-refractivity contribution in [2.24, 2.45) is 0 Å². The standard InChI is InChI=1S/C27H25NO4/c1-27(2,3)19-13-15-20(16-14-19)32-26(31)23(17-18-9-5-4-6-10-18)28-24(29)21-11-7-8-12-22(21)25(28)30/h4-16,23H,17H2,1-3H3. The average Bonchev–Trinajstić information content (AvgIpc) is 3.03. The zero-order valence-corrected chi connectivity index (χ0v) is 18.4. The first-order chi connectivity index (χ1) is 15.3. The molecule has 1 atom stereocenters. The smallest absolute Gasteiger partial charge is 0.335 e. The van der Waals surface area contributed by atoms with Crippen molar-refractivity contribution in [2.45, 2.75) is 38.6 Å². The third kappa shape index (κ3) is 4.19. The maximum atomic E-state index is 13.3. The molecule has 1 heterocycles. The highest BCUT2D eigenvalue weighted by Crippen LogP contribution is 2.28. The number of ether oxygens (including phenoxy) is 1. The molecule has 1 aliphatic rings. The maximum Gasteiger partial charge on any atom is 0.335 e. The minimum atomic E-state index is -1.08. The summed E-state index contributed by atoms with van der Waals surface area (Å²) in [6.07, 6.45) is 0.172. The molecule has 1 aliphatic heterocycles. The van der Waals surface area contributed by atoms with E-state index in [4.69, 9.17) is 4.74 Å². The predicted molar refractivity (Wildman–Crippen MR) is 122 cm³/mol. The normalized spacial score (nSPS) is 14.3. The number of imide groups is 1. The topological polar surface area (TPSA) is 63.7 Å². The van der Waals surface area contributed by atoms with Gasteiger partial charge in [-0.1, -0.05) is 75.4 Å². The van der Waals surface area contributed by atoms with E-state index in [1.54, 1.807) is 36.4 Å². The second-order valence-electron chi connectivity index (χ2n) is 8.93. The Hall–Kier alpha value is -3.73. The Morgan fingerprint density at radius 3 is 1.88 bits per heavy atom. The van der Waals surface area contributed by atoms with Crippen LogP contribution in [0.4, 0.5) is 0 Å². The third-order valence-corrected chi connectivity index (χ3v) is 5.62. The number of fused-ring (bicyclic) bond motifs is 1. The van der Waals surface area contributed by atoms with E-state index < -0.39 is 23.8 Å². The molecule has 2 amide bonds. The number of carbonyl (C=O) groups excluding carboxylic acids is 3. The van der Waals surface area contributed by atoms with Crippen LogP contribution in [0.1, 0.15) is 52.6 Å². The fourth-order valence-electron chi connectivity index (χ4n) is 3.82. The van der Waals surface area contributed by atoms with Gasteiger partial charge in [-0.15, -0.1) is 0 Å². The van der Waals surface area contributed by atoms with Gasteiger partial charge in [0, 0.05) is 6.42 Å². The Balaban J connectivity index is 1.63. The summed E-state index contributed by atoms with van der Waals surface area (Å²) < 4.78 is 5.64. The van der Waals surface area contributed by atoms with Gasteiger partial charge in [0.25, 0.3) is 11.8 Å². The van der Waals surface area contributed by atoms with E-state index in [9.17, 15) is 14.4 Å². The van der Waals surface area contributed by atoms with Crippen LogP contribution >= 0.6 is 0 Å². The van der Waals surface area contributed by atoms with Gasteiger partial charge in [0.2, 0.25) is 0 Å². The first-order valence-electron chi connectivity index (χ1n) is 10.6.